The van der Waals surface area contributed by atoms with Gasteiger partial charge in [-0.15, -0.1) is 0 Å². The minimum atomic E-state index is -4.38. The lowest BCUT2D eigenvalue weighted by Gasteiger charge is -2.19. The molecule has 3 N–H and O–H groups in total. The van der Waals surface area contributed by atoms with Crippen LogP contribution in [0.3, 0.4) is 0 Å². The predicted octanol–water partition coefficient (Wildman–Crippen LogP) is 12.4. The zero-order valence-electron chi connectivity index (χ0n) is 34.3. The van der Waals surface area contributed by atoms with Gasteiger partial charge in [-0.3, -0.25) is 18.6 Å². The molecule has 0 aromatic rings. The number of hydrogen-bond donors (Lipinski definition) is 2. The maximum Gasteiger partial charge on any atom is 0.472 e. The molecule has 312 valence electrons. The number of phosphoric ester groups is 1. The first-order valence-electron chi connectivity index (χ1n) is 21.8. The summed E-state index contributed by atoms with van der Waals surface area (Å²) >= 11 is 0. The summed E-state index contributed by atoms with van der Waals surface area (Å²) in [6, 6.07) is 0. The number of hydrogen-bond acceptors (Lipinski definition) is 8. The molecule has 0 aliphatic carbocycles. The Kier molecular flexibility index (Phi) is 39.0. The SMILES string of the molecule is CCCCC/C=C/CCCC/C=C/CCCCCCC(=O)O[C@H](COC(=O)CCCCCCCCCCCCCCCCC)COP(=O)(O)OCCN. The molecule has 0 amide bonds. The molecule has 0 aromatic heterocycles. The van der Waals surface area contributed by atoms with Crippen LogP contribution >= 0.6 is 7.82 Å². The third-order valence-corrected chi connectivity index (χ3v) is 10.3. The van der Waals surface area contributed by atoms with Crippen molar-refractivity contribution in [2.75, 3.05) is 26.4 Å². The van der Waals surface area contributed by atoms with E-state index in [4.69, 9.17) is 24.3 Å². The van der Waals surface area contributed by atoms with Crippen molar-refractivity contribution in [2.24, 2.45) is 5.73 Å². The maximum absolute atomic E-state index is 12.6. The highest BCUT2D eigenvalue weighted by Gasteiger charge is 2.26. The van der Waals surface area contributed by atoms with Crippen LogP contribution in [0.1, 0.15) is 206 Å². The molecule has 0 rings (SSSR count). The van der Waals surface area contributed by atoms with E-state index >= 15 is 0 Å². The van der Waals surface area contributed by atoms with Crippen LogP contribution < -0.4 is 5.73 Å². The van der Waals surface area contributed by atoms with E-state index < -0.39 is 26.5 Å². The largest absolute Gasteiger partial charge is 0.472 e. The average Bonchev–Trinajstić information content (AvgIpc) is 3.14. The molecule has 2 atom stereocenters. The van der Waals surface area contributed by atoms with Crippen LogP contribution in [0.25, 0.3) is 0 Å². The number of unbranched alkanes of at least 4 members (excludes halogenated alkanes) is 24. The molecule has 0 saturated heterocycles. The van der Waals surface area contributed by atoms with E-state index in [2.05, 4.69) is 38.2 Å². The quantitative estimate of drug-likeness (QED) is 0.0269. The highest BCUT2D eigenvalue weighted by Crippen LogP contribution is 2.43. The van der Waals surface area contributed by atoms with Gasteiger partial charge in [0, 0.05) is 19.4 Å². The Labute approximate surface area is 325 Å². The number of carbonyl (C=O) groups excluding carboxylic acids is 2. The Hall–Kier alpha value is -1.51. The Balaban J connectivity index is 4.16. The molecule has 1 unspecified atom stereocenters. The van der Waals surface area contributed by atoms with Gasteiger partial charge in [0.2, 0.25) is 0 Å². The van der Waals surface area contributed by atoms with Crippen molar-refractivity contribution in [3.8, 4) is 0 Å². The Bertz CT molecular complexity index is 928. The van der Waals surface area contributed by atoms with Crippen molar-refractivity contribution < 1.29 is 37.6 Å². The van der Waals surface area contributed by atoms with Gasteiger partial charge < -0.3 is 20.1 Å². The zero-order chi connectivity index (χ0) is 38.9. The molecular formula is C43H82NO8P. The molecule has 0 radical (unpaired) electrons. The fraction of sp³-hybridized carbons (Fsp3) is 0.860. The van der Waals surface area contributed by atoms with Gasteiger partial charge in [0.15, 0.2) is 6.10 Å². The second-order valence-corrected chi connectivity index (χ2v) is 16.0. The number of esters is 2. The van der Waals surface area contributed by atoms with Crippen LogP contribution in [0.5, 0.6) is 0 Å². The molecule has 0 aliphatic heterocycles. The molecule has 10 heteroatoms. The van der Waals surface area contributed by atoms with E-state index in [1.54, 1.807) is 0 Å². The molecule has 0 heterocycles. The van der Waals surface area contributed by atoms with Crippen molar-refractivity contribution in [1.29, 1.82) is 0 Å². The summed E-state index contributed by atoms with van der Waals surface area (Å²) in [6.07, 6.45) is 42.0. The van der Waals surface area contributed by atoms with E-state index in [0.29, 0.717) is 6.42 Å². The third-order valence-electron chi connectivity index (χ3n) is 9.31. The predicted molar refractivity (Wildman–Crippen MR) is 220 cm³/mol. The van der Waals surface area contributed by atoms with Gasteiger partial charge >= 0.3 is 19.8 Å². The molecule has 0 fully saturated rings. The van der Waals surface area contributed by atoms with Crippen LogP contribution in [-0.2, 0) is 32.7 Å². The number of ether oxygens (including phenoxy) is 2. The van der Waals surface area contributed by atoms with Crippen molar-refractivity contribution >= 4 is 19.8 Å². The molecule has 53 heavy (non-hydrogen) atoms. The Morgan fingerprint density at radius 3 is 1.40 bits per heavy atom. The molecular weight excluding hydrogens is 689 g/mol. The number of carbonyl (C=O) groups is 2. The smallest absolute Gasteiger partial charge is 0.462 e. The Morgan fingerprint density at radius 2 is 0.925 bits per heavy atom. The summed E-state index contributed by atoms with van der Waals surface area (Å²) < 4.78 is 32.8. The standard InChI is InChI=1S/C43H82NO8P/c1-3-5-7-9-11-13-15-17-19-20-22-24-26-28-30-32-34-36-43(46)52-41(40-51-53(47,48)50-38-37-44)39-49-42(45)35-33-31-29-27-25-23-21-18-16-14-12-10-8-6-4-2/h11,13,22,24,41H,3-10,12,14-21,23,25-40,44H2,1-2H3,(H,47,48)/b13-11+,24-22+/t41-/m1/s1. The van der Waals surface area contributed by atoms with Crippen LogP contribution in [-0.4, -0.2) is 49.3 Å². The summed E-state index contributed by atoms with van der Waals surface area (Å²) in [5.74, 6) is -0.838. The molecule has 0 bridgehead atoms. The second-order valence-electron chi connectivity index (χ2n) is 14.6. The van der Waals surface area contributed by atoms with E-state index in [0.717, 1.165) is 51.4 Å². The first kappa shape index (κ1) is 51.5. The molecule has 9 nitrogen and oxygen atoms in total. The lowest BCUT2D eigenvalue weighted by Crippen LogP contribution is -2.29. The second kappa shape index (κ2) is 40.2. The first-order valence-corrected chi connectivity index (χ1v) is 23.3. The van der Waals surface area contributed by atoms with Crippen molar-refractivity contribution in [3.05, 3.63) is 24.3 Å². The summed E-state index contributed by atoms with van der Waals surface area (Å²) in [5.41, 5.74) is 5.34. The van der Waals surface area contributed by atoms with Gasteiger partial charge in [0.25, 0.3) is 0 Å². The van der Waals surface area contributed by atoms with Gasteiger partial charge in [-0.2, -0.15) is 0 Å². The van der Waals surface area contributed by atoms with Crippen molar-refractivity contribution in [1.82, 2.24) is 0 Å². The molecule has 0 aliphatic rings. The average molecular weight is 772 g/mol. The van der Waals surface area contributed by atoms with Crippen LogP contribution in [0.4, 0.5) is 0 Å². The normalized spacial score (nSPS) is 13.5. The van der Waals surface area contributed by atoms with Crippen molar-refractivity contribution in [2.45, 2.75) is 213 Å². The zero-order valence-corrected chi connectivity index (χ0v) is 35.2. The lowest BCUT2D eigenvalue weighted by molar-refractivity contribution is -0.161. The third kappa shape index (κ3) is 40.0. The van der Waals surface area contributed by atoms with Crippen LogP contribution in [0.15, 0.2) is 24.3 Å². The van der Waals surface area contributed by atoms with E-state index in [1.165, 1.54) is 122 Å². The fourth-order valence-corrected chi connectivity index (χ4v) is 6.80. The Morgan fingerprint density at radius 1 is 0.547 bits per heavy atom. The minimum absolute atomic E-state index is 0.0525. The van der Waals surface area contributed by atoms with Gasteiger partial charge in [-0.25, -0.2) is 4.57 Å². The van der Waals surface area contributed by atoms with E-state index in [1.807, 2.05) is 0 Å². The first-order chi connectivity index (χ1) is 25.8. The van der Waals surface area contributed by atoms with Gasteiger partial charge in [-0.05, 0) is 64.2 Å². The number of nitrogens with two attached hydrogens (primary N) is 1. The lowest BCUT2D eigenvalue weighted by atomic mass is 10.0. The number of rotatable bonds is 41. The number of phosphoric acid groups is 1. The highest BCUT2D eigenvalue weighted by atomic mass is 31.2. The van der Waals surface area contributed by atoms with Gasteiger partial charge in [0.05, 0.1) is 13.2 Å². The van der Waals surface area contributed by atoms with Gasteiger partial charge in [0.1, 0.15) is 6.61 Å². The fourth-order valence-electron chi connectivity index (χ4n) is 6.04. The molecule has 0 spiro atoms. The van der Waals surface area contributed by atoms with E-state index in [9.17, 15) is 19.0 Å². The van der Waals surface area contributed by atoms with Crippen LogP contribution in [0.2, 0.25) is 0 Å². The monoisotopic (exact) mass is 772 g/mol. The minimum Gasteiger partial charge on any atom is -0.462 e. The molecule has 0 aromatic carbocycles. The maximum atomic E-state index is 12.6. The van der Waals surface area contributed by atoms with Crippen LogP contribution in [0, 0.1) is 0 Å². The highest BCUT2D eigenvalue weighted by molar-refractivity contribution is 7.47. The summed E-state index contributed by atoms with van der Waals surface area (Å²) in [7, 11) is -4.38. The summed E-state index contributed by atoms with van der Waals surface area (Å²) in [6.45, 7) is 3.71. The van der Waals surface area contributed by atoms with Crippen molar-refractivity contribution in [3.63, 3.8) is 0 Å². The molecule has 0 saturated carbocycles. The topological polar surface area (TPSA) is 134 Å². The van der Waals surface area contributed by atoms with Gasteiger partial charge in [-0.1, -0.05) is 154 Å². The number of allylic oxidation sites excluding steroid dienone is 4. The summed E-state index contributed by atoms with van der Waals surface area (Å²) in [5, 5.41) is 0. The van der Waals surface area contributed by atoms with E-state index in [-0.39, 0.29) is 38.6 Å². The summed E-state index contributed by atoms with van der Waals surface area (Å²) in [4.78, 5) is 34.8.